The van der Waals surface area contributed by atoms with Crippen LogP contribution in [0.25, 0.3) is 0 Å². The van der Waals surface area contributed by atoms with Crippen molar-refractivity contribution >= 4 is 17.8 Å². The molecule has 1 heterocycles. The highest BCUT2D eigenvalue weighted by molar-refractivity contribution is 6.03. The van der Waals surface area contributed by atoms with Gasteiger partial charge in [-0.25, -0.2) is 0 Å². The Morgan fingerprint density at radius 1 is 1.27 bits per heavy atom. The van der Waals surface area contributed by atoms with E-state index in [-0.39, 0.29) is 17.4 Å². The summed E-state index contributed by atoms with van der Waals surface area (Å²) in [7, 11) is 0. The predicted molar refractivity (Wildman–Crippen MR) is 46.9 cm³/mol. The van der Waals surface area contributed by atoms with E-state index in [1.807, 2.05) is 0 Å². The molecule has 5 N–H and O–H groups in total. The van der Waals surface area contributed by atoms with Gasteiger partial charge in [0.15, 0.2) is 5.69 Å². The second kappa shape index (κ2) is 3.78. The van der Waals surface area contributed by atoms with E-state index in [1.165, 1.54) is 0 Å². The van der Waals surface area contributed by atoms with Crippen LogP contribution in [0.3, 0.4) is 0 Å². The maximum Gasteiger partial charge on any atom is 0.310 e. The number of H-pyrrole nitrogens is 1. The molecule has 0 bridgehead atoms. The molecule has 0 aliphatic carbocycles. The van der Waals surface area contributed by atoms with Gasteiger partial charge in [0.2, 0.25) is 0 Å². The maximum absolute atomic E-state index is 10.8. The number of esters is 1. The molecule has 80 valence electrons. The summed E-state index contributed by atoms with van der Waals surface area (Å²) in [5.74, 6) is -2.52. The summed E-state index contributed by atoms with van der Waals surface area (Å²) in [6, 6.07) is -0.301. The van der Waals surface area contributed by atoms with Gasteiger partial charge >= 0.3 is 12.0 Å². The third kappa shape index (κ3) is 2.30. The Kier molecular flexibility index (Phi) is 2.70. The summed E-state index contributed by atoms with van der Waals surface area (Å²) in [6.07, 6.45) is 0. The fourth-order valence-corrected chi connectivity index (χ4v) is 0.893. The molecule has 0 radical (unpaired) electrons. The maximum atomic E-state index is 10.8. The van der Waals surface area contributed by atoms with Gasteiger partial charge in [-0.15, -0.1) is 0 Å². The van der Waals surface area contributed by atoms with Crippen molar-refractivity contribution in [3.63, 3.8) is 0 Å². The van der Waals surface area contributed by atoms with Crippen molar-refractivity contribution in [3.05, 3.63) is 11.4 Å². The van der Waals surface area contributed by atoms with E-state index < -0.39 is 17.8 Å². The first-order chi connectivity index (χ1) is 6.91. The van der Waals surface area contributed by atoms with E-state index in [0.29, 0.717) is 0 Å². The van der Waals surface area contributed by atoms with Crippen LogP contribution in [0.1, 0.15) is 27.9 Å². The van der Waals surface area contributed by atoms with Crippen molar-refractivity contribution in [3.8, 4) is 6.01 Å². The topological polar surface area (TPSA) is 141 Å². The van der Waals surface area contributed by atoms with Crippen molar-refractivity contribution in [1.29, 1.82) is 0 Å². The monoisotopic (exact) mass is 212 g/mol. The summed E-state index contributed by atoms with van der Waals surface area (Å²) in [4.78, 5) is 38.0. The minimum atomic E-state index is -0.946. The normalized spacial score (nSPS) is 9.67. The first kappa shape index (κ1) is 10.7. The molecule has 0 saturated heterocycles. The second-order valence-electron chi connectivity index (χ2n) is 2.59. The van der Waals surface area contributed by atoms with Crippen molar-refractivity contribution in [2.24, 2.45) is 11.5 Å². The number of rotatable bonds is 3. The number of primary amides is 2. The lowest BCUT2D eigenvalue weighted by molar-refractivity contribution is -0.132. The average Bonchev–Trinajstić information content (AvgIpc) is 2.46. The summed E-state index contributed by atoms with van der Waals surface area (Å²) < 4.78 is 4.51. The van der Waals surface area contributed by atoms with Crippen LogP contribution >= 0.6 is 0 Å². The number of aromatic nitrogens is 2. The van der Waals surface area contributed by atoms with Crippen LogP contribution < -0.4 is 16.2 Å². The summed E-state index contributed by atoms with van der Waals surface area (Å²) in [5.41, 5.74) is 9.21. The van der Waals surface area contributed by atoms with Crippen LogP contribution in [0, 0.1) is 0 Å². The number of nitrogens with one attached hydrogen (secondary N) is 1. The fraction of sp³-hybridized carbons (Fsp3) is 0.143. The van der Waals surface area contributed by atoms with Gasteiger partial charge in [-0.05, 0) is 0 Å². The Morgan fingerprint density at radius 2 is 1.87 bits per heavy atom. The van der Waals surface area contributed by atoms with Crippen LogP contribution in [0.4, 0.5) is 0 Å². The Balaban J connectivity index is 3.15. The lowest BCUT2D eigenvalue weighted by Crippen LogP contribution is -2.20. The Bertz CT molecular complexity index is 405. The number of aromatic amines is 1. The molecular formula is C7H8N4O4. The second-order valence-corrected chi connectivity index (χ2v) is 2.59. The third-order valence-electron chi connectivity index (χ3n) is 1.40. The SMILES string of the molecule is CC(=O)Oc1nc(C(N)=O)c(C(N)=O)[nH]1. The number of carbonyl (C=O) groups is 3. The van der Waals surface area contributed by atoms with Gasteiger partial charge in [-0.2, -0.15) is 4.98 Å². The summed E-state index contributed by atoms with van der Waals surface area (Å²) >= 11 is 0. The third-order valence-corrected chi connectivity index (χ3v) is 1.40. The molecule has 0 aromatic carbocycles. The van der Waals surface area contributed by atoms with Gasteiger partial charge in [0.1, 0.15) is 5.69 Å². The van der Waals surface area contributed by atoms with E-state index >= 15 is 0 Å². The summed E-state index contributed by atoms with van der Waals surface area (Å²) in [6.45, 7) is 1.14. The smallest absolute Gasteiger partial charge is 0.310 e. The first-order valence-corrected chi connectivity index (χ1v) is 3.80. The van der Waals surface area contributed by atoms with E-state index in [2.05, 4.69) is 14.7 Å². The van der Waals surface area contributed by atoms with Crippen LogP contribution in [0.5, 0.6) is 6.01 Å². The van der Waals surface area contributed by atoms with Gasteiger partial charge in [-0.1, -0.05) is 0 Å². The lowest BCUT2D eigenvalue weighted by atomic mass is 10.3. The van der Waals surface area contributed by atoms with Crippen LogP contribution in [-0.4, -0.2) is 27.8 Å². The van der Waals surface area contributed by atoms with Gasteiger partial charge in [0, 0.05) is 6.92 Å². The van der Waals surface area contributed by atoms with Crippen molar-refractivity contribution in [1.82, 2.24) is 9.97 Å². The van der Waals surface area contributed by atoms with Crippen LogP contribution in [0.15, 0.2) is 0 Å². The highest BCUT2D eigenvalue weighted by atomic mass is 16.5. The quantitative estimate of drug-likeness (QED) is 0.524. The molecule has 0 spiro atoms. The molecule has 1 aromatic rings. The number of ether oxygens (including phenoxy) is 1. The largest absolute Gasteiger partial charge is 0.392 e. The minimum Gasteiger partial charge on any atom is -0.392 e. The first-order valence-electron chi connectivity index (χ1n) is 3.80. The summed E-state index contributed by atoms with van der Waals surface area (Å²) in [5, 5.41) is 0. The number of hydrogen-bond donors (Lipinski definition) is 3. The van der Waals surface area contributed by atoms with Gasteiger partial charge in [-0.3, -0.25) is 14.4 Å². The molecule has 1 rings (SSSR count). The predicted octanol–water partition coefficient (Wildman–Crippen LogP) is -1.47. The highest BCUT2D eigenvalue weighted by Crippen LogP contribution is 2.11. The number of imidazole rings is 1. The average molecular weight is 212 g/mol. The molecule has 0 atom stereocenters. The van der Waals surface area contributed by atoms with Crippen LogP contribution in [0.2, 0.25) is 0 Å². The van der Waals surface area contributed by atoms with E-state index in [9.17, 15) is 14.4 Å². The molecule has 15 heavy (non-hydrogen) atoms. The van der Waals surface area contributed by atoms with Gasteiger partial charge in [0.05, 0.1) is 0 Å². The molecule has 0 unspecified atom stereocenters. The van der Waals surface area contributed by atoms with Crippen molar-refractivity contribution in [2.45, 2.75) is 6.92 Å². The fourth-order valence-electron chi connectivity index (χ4n) is 0.893. The zero-order valence-electron chi connectivity index (χ0n) is 7.73. The molecule has 0 aliphatic rings. The van der Waals surface area contributed by atoms with Gasteiger partial charge < -0.3 is 21.2 Å². The molecular weight excluding hydrogens is 204 g/mol. The highest BCUT2D eigenvalue weighted by Gasteiger charge is 2.20. The van der Waals surface area contributed by atoms with Gasteiger partial charge in [0.25, 0.3) is 11.8 Å². The number of hydrogen-bond acceptors (Lipinski definition) is 5. The van der Waals surface area contributed by atoms with Crippen LogP contribution in [-0.2, 0) is 4.79 Å². The Morgan fingerprint density at radius 3 is 2.20 bits per heavy atom. The zero-order chi connectivity index (χ0) is 11.6. The molecule has 0 saturated carbocycles. The molecule has 0 fully saturated rings. The number of carbonyl (C=O) groups excluding carboxylic acids is 3. The Labute approximate surface area is 83.6 Å². The number of nitrogens with zero attached hydrogens (tertiary/aromatic N) is 1. The van der Waals surface area contributed by atoms with E-state index in [1.54, 1.807) is 0 Å². The lowest BCUT2D eigenvalue weighted by Gasteiger charge is -1.92. The zero-order valence-corrected chi connectivity index (χ0v) is 7.73. The molecule has 1 aromatic heterocycles. The molecule has 2 amide bonds. The standard InChI is InChI=1S/C7H8N4O4/c1-2(12)15-7-10-3(5(8)13)4(11-7)6(9)14/h1H3,(H2,8,13)(H2,9,14)(H,10,11). The number of nitrogens with two attached hydrogens (primary N) is 2. The number of amides is 2. The van der Waals surface area contributed by atoms with Crippen molar-refractivity contribution in [2.75, 3.05) is 0 Å². The van der Waals surface area contributed by atoms with E-state index in [0.717, 1.165) is 6.92 Å². The minimum absolute atomic E-state index is 0.293. The van der Waals surface area contributed by atoms with E-state index in [4.69, 9.17) is 11.5 Å². The molecule has 8 nitrogen and oxygen atoms in total. The Hall–Kier alpha value is -2.38. The molecule has 0 aliphatic heterocycles. The van der Waals surface area contributed by atoms with Crippen molar-refractivity contribution < 1.29 is 19.1 Å². The molecule has 8 heteroatoms.